The van der Waals surface area contributed by atoms with E-state index in [9.17, 15) is 4.79 Å². The first kappa shape index (κ1) is 17.7. The van der Waals surface area contributed by atoms with Crippen LogP contribution in [0.2, 0.25) is 5.02 Å². The first-order chi connectivity index (χ1) is 13.1. The maximum atomic E-state index is 12.7. The Balaban J connectivity index is 1.65. The van der Waals surface area contributed by atoms with Gasteiger partial charge in [-0.05, 0) is 37.3 Å². The maximum absolute atomic E-state index is 12.7. The molecule has 0 saturated carbocycles. The maximum Gasteiger partial charge on any atom is 0.269 e. The van der Waals surface area contributed by atoms with E-state index in [0.717, 1.165) is 28.0 Å². The summed E-state index contributed by atoms with van der Waals surface area (Å²) in [6, 6.07) is 15.5. The Labute approximate surface area is 165 Å². The minimum Gasteiger partial charge on any atom is -0.310 e. The van der Waals surface area contributed by atoms with Gasteiger partial charge in [-0.2, -0.15) is 0 Å². The molecule has 7 heteroatoms. The Morgan fingerprint density at radius 1 is 1.22 bits per heavy atom. The quantitative estimate of drug-likeness (QED) is 0.519. The van der Waals surface area contributed by atoms with E-state index in [1.54, 1.807) is 12.3 Å². The minimum atomic E-state index is -0.243. The van der Waals surface area contributed by atoms with E-state index in [0.29, 0.717) is 22.4 Å². The lowest BCUT2D eigenvalue weighted by Crippen LogP contribution is -2.16. The van der Waals surface area contributed by atoms with Gasteiger partial charge in [0.1, 0.15) is 4.88 Å². The summed E-state index contributed by atoms with van der Waals surface area (Å²) < 4.78 is 2.01. The van der Waals surface area contributed by atoms with Crippen molar-refractivity contribution < 1.29 is 4.79 Å². The number of hydrogen-bond acceptors (Lipinski definition) is 4. The van der Waals surface area contributed by atoms with Gasteiger partial charge in [-0.25, -0.2) is 4.98 Å². The number of carbonyl (C=O) groups is 1. The molecule has 1 amide bonds. The van der Waals surface area contributed by atoms with Crippen LogP contribution in [-0.4, -0.2) is 20.4 Å². The number of fused-ring (bicyclic) bond motifs is 1. The normalized spacial score (nSPS) is 11.0. The highest BCUT2D eigenvalue weighted by atomic mass is 35.5. The highest BCUT2D eigenvalue weighted by Crippen LogP contribution is 2.28. The fourth-order valence-electron chi connectivity index (χ4n) is 2.97. The van der Waals surface area contributed by atoms with Crippen molar-refractivity contribution in [3.8, 4) is 0 Å². The van der Waals surface area contributed by atoms with Crippen molar-refractivity contribution in [1.82, 2.24) is 14.5 Å². The molecule has 0 aliphatic heterocycles. The number of aromatic nitrogens is 3. The summed E-state index contributed by atoms with van der Waals surface area (Å²) in [5, 5.41) is 3.39. The SMILES string of the molecule is Cc1cc(Cl)c(C(=O)Nc2nc3ccccc3n2CCc2ccccn2)s1. The van der Waals surface area contributed by atoms with E-state index in [4.69, 9.17) is 11.6 Å². The molecule has 0 bridgehead atoms. The van der Waals surface area contributed by atoms with Crippen LogP contribution in [0.4, 0.5) is 5.95 Å². The van der Waals surface area contributed by atoms with Crippen LogP contribution in [0.25, 0.3) is 11.0 Å². The first-order valence-electron chi connectivity index (χ1n) is 8.54. The van der Waals surface area contributed by atoms with E-state index in [1.807, 2.05) is 54.0 Å². The molecule has 1 N–H and O–H groups in total. The molecular formula is C20H17ClN4OS. The van der Waals surface area contributed by atoms with E-state index >= 15 is 0 Å². The Bertz CT molecular complexity index is 1100. The highest BCUT2D eigenvalue weighted by Gasteiger charge is 2.18. The van der Waals surface area contributed by atoms with E-state index in [1.165, 1.54) is 11.3 Å². The second-order valence-corrected chi connectivity index (χ2v) is 7.80. The Morgan fingerprint density at radius 3 is 2.78 bits per heavy atom. The Kier molecular flexibility index (Phi) is 4.92. The second kappa shape index (κ2) is 7.50. The number of halogens is 1. The summed E-state index contributed by atoms with van der Waals surface area (Å²) in [7, 11) is 0. The van der Waals surface area contributed by atoms with Crippen LogP contribution >= 0.6 is 22.9 Å². The number of nitrogens with zero attached hydrogens (tertiary/aromatic N) is 3. The van der Waals surface area contributed by atoms with Gasteiger partial charge >= 0.3 is 0 Å². The van der Waals surface area contributed by atoms with Crippen LogP contribution in [-0.2, 0) is 13.0 Å². The number of amides is 1. The van der Waals surface area contributed by atoms with Crippen molar-refractivity contribution in [2.45, 2.75) is 19.9 Å². The average Bonchev–Trinajstić information content (AvgIpc) is 3.19. The zero-order valence-corrected chi connectivity index (χ0v) is 16.2. The minimum absolute atomic E-state index is 0.243. The number of hydrogen-bond donors (Lipinski definition) is 1. The molecule has 136 valence electrons. The number of pyridine rings is 1. The van der Waals surface area contributed by atoms with Crippen molar-refractivity contribution in [1.29, 1.82) is 0 Å². The molecule has 0 spiro atoms. The Morgan fingerprint density at radius 2 is 2.04 bits per heavy atom. The molecule has 4 aromatic rings. The largest absolute Gasteiger partial charge is 0.310 e. The number of rotatable bonds is 5. The van der Waals surface area contributed by atoms with Gasteiger partial charge in [-0.3, -0.25) is 15.1 Å². The van der Waals surface area contributed by atoms with Crippen molar-refractivity contribution in [3.63, 3.8) is 0 Å². The molecule has 0 radical (unpaired) electrons. The lowest BCUT2D eigenvalue weighted by Gasteiger charge is -2.10. The van der Waals surface area contributed by atoms with Gasteiger partial charge in [-0.15, -0.1) is 11.3 Å². The third-order valence-corrected chi connectivity index (χ3v) is 5.67. The van der Waals surface area contributed by atoms with Gasteiger partial charge in [0.15, 0.2) is 0 Å². The number of aryl methyl sites for hydroxylation is 3. The van der Waals surface area contributed by atoms with Crippen LogP contribution < -0.4 is 5.32 Å². The van der Waals surface area contributed by atoms with Crippen molar-refractivity contribution in [2.75, 3.05) is 5.32 Å². The topological polar surface area (TPSA) is 59.8 Å². The summed E-state index contributed by atoms with van der Waals surface area (Å²) in [6.45, 7) is 2.58. The number of anilines is 1. The molecule has 0 saturated heterocycles. The van der Waals surface area contributed by atoms with E-state index in [-0.39, 0.29) is 5.91 Å². The summed E-state index contributed by atoms with van der Waals surface area (Å²) in [4.78, 5) is 23.2. The number of nitrogens with one attached hydrogen (secondary N) is 1. The van der Waals surface area contributed by atoms with Crippen molar-refractivity contribution in [2.24, 2.45) is 0 Å². The van der Waals surface area contributed by atoms with Gasteiger partial charge in [0.25, 0.3) is 5.91 Å². The van der Waals surface area contributed by atoms with Gasteiger partial charge < -0.3 is 4.57 Å². The van der Waals surface area contributed by atoms with Crippen molar-refractivity contribution in [3.05, 3.63) is 75.2 Å². The number of carbonyl (C=O) groups excluding carboxylic acids is 1. The molecule has 0 unspecified atom stereocenters. The summed E-state index contributed by atoms with van der Waals surface area (Å²) >= 11 is 7.55. The number of para-hydroxylation sites is 2. The lowest BCUT2D eigenvalue weighted by molar-refractivity contribution is 0.102. The number of thiophene rings is 1. The van der Waals surface area contributed by atoms with Gasteiger partial charge in [0, 0.05) is 29.7 Å². The van der Waals surface area contributed by atoms with Gasteiger partial charge in [-0.1, -0.05) is 29.8 Å². The smallest absolute Gasteiger partial charge is 0.269 e. The Hall–Kier alpha value is -2.70. The molecule has 0 aliphatic carbocycles. The third kappa shape index (κ3) is 3.72. The van der Waals surface area contributed by atoms with Crippen LogP contribution in [0, 0.1) is 6.92 Å². The van der Waals surface area contributed by atoms with Crippen LogP contribution in [0.1, 0.15) is 20.2 Å². The molecule has 0 aliphatic rings. The van der Waals surface area contributed by atoms with Crippen LogP contribution in [0.3, 0.4) is 0 Å². The zero-order valence-electron chi connectivity index (χ0n) is 14.6. The average molecular weight is 397 g/mol. The van der Waals surface area contributed by atoms with Crippen LogP contribution in [0.5, 0.6) is 0 Å². The molecule has 0 fully saturated rings. The predicted molar refractivity (Wildman–Crippen MR) is 110 cm³/mol. The molecule has 3 aromatic heterocycles. The number of benzene rings is 1. The fourth-order valence-corrected chi connectivity index (χ4v) is 4.19. The molecule has 5 nitrogen and oxygen atoms in total. The molecular weight excluding hydrogens is 380 g/mol. The number of imidazole rings is 1. The monoisotopic (exact) mass is 396 g/mol. The lowest BCUT2D eigenvalue weighted by atomic mass is 10.2. The van der Waals surface area contributed by atoms with Gasteiger partial charge in [0.05, 0.1) is 16.1 Å². The third-order valence-electron chi connectivity index (χ3n) is 4.21. The van der Waals surface area contributed by atoms with Gasteiger partial charge in [0.2, 0.25) is 5.95 Å². The first-order valence-corrected chi connectivity index (χ1v) is 9.74. The highest BCUT2D eigenvalue weighted by molar-refractivity contribution is 7.14. The molecule has 0 atom stereocenters. The molecule has 27 heavy (non-hydrogen) atoms. The second-order valence-electron chi connectivity index (χ2n) is 6.14. The summed E-state index contributed by atoms with van der Waals surface area (Å²) in [5.41, 5.74) is 2.80. The summed E-state index contributed by atoms with van der Waals surface area (Å²) in [6.07, 6.45) is 2.52. The molecule has 3 heterocycles. The van der Waals surface area contributed by atoms with Crippen LogP contribution in [0.15, 0.2) is 54.7 Å². The summed E-state index contributed by atoms with van der Waals surface area (Å²) in [5.74, 6) is 0.270. The van der Waals surface area contributed by atoms with E-state index in [2.05, 4.69) is 15.3 Å². The molecule has 1 aromatic carbocycles. The predicted octanol–water partition coefficient (Wildman–Crippen LogP) is 4.95. The van der Waals surface area contributed by atoms with E-state index < -0.39 is 0 Å². The fraction of sp³-hybridized carbons (Fsp3) is 0.150. The standard InChI is InChI=1S/C20H17ClN4OS/c1-13-12-15(21)18(27-13)19(26)24-20-23-16-7-2-3-8-17(16)25(20)11-9-14-6-4-5-10-22-14/h2-8,10,12H,9,11H2,1H3,(H,23,24,26). The zero-order chi connectivity index (χ0) is 18.8. The molecule has 4 rings (SSSR count). The van der Waals surface area contributed by atoms with Crippen molar-refractivity contribution >= 4 is 45.8 Å².